The summed E-state index contributed by atoms with van der Waals surface area (Å²) in [5, 5.41) is 0. The molecule has 24 heavy (non-hydrogen) atoms. The molecule has 4 heterocycles. The van der Waals surface area contributed by atoms with Crippen LogP contribution in [0.15, 0.2) is 30.9 Å². The van der Waals surface area contributed by atoms with Crippen LogP contribution in [0.2, 0.25) is 0 Å². The summed E-state index contributed by atoms with van der Waals surface area (Å²) in [6.45, 7) is 2.69. The number of amides is 1. The Kier molecular flexibility index (Phi) is 4.21. The molecule has 124 valence electrons. The van der Waals surface area contributed by atoms with Crippen molar-refractivity contribution in [3.63, 3.8) is 0 Å². The van der Waals surface area contributed by atoms with Gasteiger partial charge in [-0.2, -0.15) is 0 Å². The summed E-state index contributed by atoms with van der Waals surface area (Å²) in [7, 11) is 0. The molecule has 1 saturated heterocycles. The highest BCUT2D eigenvalue weighted by atomic mass is 16.5. The molecule has 1 atom stereocenters. The second-order valence-electron chi connectivity index (χ2n) is 6.27. The van der Waals surface area contributed by atoms with Gasteiger partial charge in [0, 0.05) is 55.3 Å². The number of fused-ring (bicyclic) bond motifs is 1. The molecule has 2 aromatic heterocycles. The zero-order valence-corrected chi connectivity index (χ0v) is 13.5. The Morgan fingerprint density at radius 1 is 1.17 bits per heavy atom. The highest BCUT2D eigenvalue weighted by molar-refractivity contribution is 5.79. The molecular formula is C18H20N4O2. The second-order valence-corrected chi connectivity index (χ2v) is 6.27. The molecule has 0 aliphatic carbocycles. The van der Waals surface area contributed by atoms with Gasteiger partial charge in [-0.05, 0) is 25.0 Å². The van der Waals surface area contributed by atoms with E-state index in [0.717, 1.165) is 48.3 Å². The molecule has 1 unspecified atom stereocenters. The Hall–Kier alpha value is -2.34. The summed E-state index contributed by atoms with van der Waals surface area (Å²) in [4.78, 5) is 27.7. The Balaban J connectivity index is 1.58. The number of pyridine rings is 1. The lowest BCUT2D eigenvalue weighted by Crippen LogP contribution is -2.38. The lowest BCUT2D eigenvalue weighted by molar-refractivity contribution is -0.135. The largest absolute Gasteiger partial charge is 0.381 e. The van der Waals surface area contributed by atoms with Gasteiger partial charge >= 0.3 is 0 Å². The van der Waals surface area contributed by atoms with Crippen LogP contribution in [0, 0.1) is 5.92 Å². The second kappa shape index (κ2) is 6.65. The number of ether oxygens (including phenoxy) is 1. The first kappa shape index (κ1) is 15.2. The van der Waals surface area contributed by atoms with Crippen LogP contribution in [0.5, 0.6) is 0 Å². The van der Waals surface area contributed by atoms with Crippen LogP contribution in [0.4, 0.5) is 0 Å². The molecule has 2 aliphatic heterocycles. The molecule has 0 spiro atoms. The van der Waals surface area contributed by atoms with Gasteiger partial charge in [-0.1, -0.05) is 0 Å². The third-order valence-corrected chi connectivity index (χ3v) is 4.83. The predicted molar refractivity (Wildman–Crippen MR) is 88.2 cm³/mol. The molecule has 2 aliphatic rings. The number of hydrogen-bond donors (Lipinski definition) is 0. The zero-order valence-electron chi connectivity index (χ0n) is 13.5. The van der Waals surface area contributed by atoms with Crippen LogP contribution in [-0.2, 0) is 22.4 Å². The van der Waals surface area contributed by atoms with Crippen molar-refractivity contribution < 1.29 is 9.53 Å². The van der Waals surface area contributed by atoms with Crippen LogP contribution in [0.1, 0.15) is 17.7 Å². The third kappa shape index (κ3) is 2.89. The van der Waals surface area contributed by atoms with Crippen molar-refractivity contribution >= 4 is 5.91 Å². The van der Waals surface area contributed by atoms with E-state index >= 15 is 0 Å². The maximum Gasteiger partial charge on any atom is 0.228 e. The number of hydrogen-bond acceptors (Lipinski definition) is 5. The molecule has 4 rings (SSSR count). The standard InChI is InChI=1S/C18H20N4O2/c23-18(14-5-10-24-11-14)22-8-3-15-16(4-9-22)20-12-21-17(15)13-1-6-19-7-2-13/h1-2,6-7,12,14H,3-5,8-11H2. The highest BCUT2D eigenvalue weighted by Gasteiger charge is 2.29. The highest BCUT2D eigenvalue weighted by Crippen LogP contribution is 2.26. The Morgan fingerprint density at radius 2 is 2.00 bits per heavy atom. The first-order valence-electron chi connectivity index (χ1n) is 8.42. The number of nitrogens with zero attached hydrogens (tertiary/aromatic N) is 4. The minimum atomic E-state index is 0.0250. The van der Waals surface area contributed by atoms with Gasteiger partial charge in [0.25, 0.3) is 0 Å². The van der Waals surface area contributed by atoms with Crippen molar-refractivity contribution in [3.05, 3.63) is 42.1 Å². The summed E-state index contributed by atoms with van der Waals surface area (Å²) in [6.07, 6.45) is 7.57. The van der Waals surface area contributed by atoms with Gasteiger partial charge < -0.3 is 9.64 Å². The van der Waals surface area contributed by atoms with E-state index in [9.17, 15) is 4.79 Å². The lowest BCUT2D eigenvalue weighted by Gasteiger charge is -2.23. The molecule has 6 nitrogen and oxygen atoms in total. The normalized spacial score (nSPS) is 20.5. The Bertz CT molecular complexity index is 729. The SMILES string of the molecule is O=C(C1CCOC1)N1CCc2ncnc(-c3ccncc3)c2CC1. The van der Waals surface area contributed by atoms with E-state index in [1.165, 1.54) is 0 Å². The molecule has 0 radical (unpaired) electrons. The quantitative estimate of drug-likeness (QED) is 0.837. The van der Waals surface area contributed by atoms with Crippen molar-refractivity contribution in [2.45, 2.75) is 19.3 Å². The van der Waals surface area contributed by atoms with Crippen molar-refractivity contribution in [2.75, 3.05) is 26.3 Å². The molecule has 0 saturated carbocycles. The molecule has 0 bridgehead atoms. The van der Waals surface area contributed by atoms with Crippen LogP contribution < -0.4 is 0 Å². The van der Waals surface area contributed by atoms with Crippen LogP contribution in [-0.4, -0.2) is 52.1 Å². The fourth-order valence-corrected chi connectivity index (χ4v) is 3.49. The maximum atomic E-state index is 12.7. The van der Waals surface area contributed by atoms with E-state index in [2.05, 4.69) is 15.0 Å². The van der Waals surface area contributed by atoms with Crippen LogP contribution in [0.25, 0.3) is 11.3 Å². The molecule has 1 fully saturated rings. The van der Waals surface area contributed by atoms with E-state index in [0.29, 0.717) is 19.8 Å². The van der Waals surface area contributed by atoms with Crippen molar-refractivity contribution in [1.82, 2.24) is 19.9 Å². The number of carbonyl (C=O) groups is 1. The van der Waals surface area contributed by atoms with E-state index < -0.39 is 0 Å². The topological polar surface area (TPSA) is 68.2 Å². The van der Waals surface area contributed by atoms with E-state index in [1.807, 2.05) is 17.0 Å². The maximum absolute atomic E-state index is 12.7. The molecular weight excluding hydrogens is 304 g/mol. The van der Waals surface area contributed by atoms with Crippen molar-refractivity contribution in [2.24, 2.45) is 5.92 Å². The summed E-state index contributed by atoms with van der Waals surface area (Å²) in [5.74, 6) is 0.246. The number of aromatic nitrogens is 3. The van der Waals surface area contributed by atoms with E-state index in [4.69, 9.17) is 4.74 Å². The smallest absolute Gasteiger partial charge is 0.228 e. The molecule has 0 aromatic carbocycles. The first-order chi connectivity index (χ1) is 11.8. The summed E-state index contributed by atoms with van der Waals surface area (Å²) in [6, 6.07) is 3.93. The van der Waals surface area contributed by atoms with E-state index in [1.54, 1.807) is 18.7 Å². The minimum Gasteiger partial charge on any atom is -0.381 e. The van der Waals surface area contributed by atoms with Gasteiger partial charge in [-0.25, -0.2) is 9.97 Å². The van der Waals surface area contributed by atoms with Gasteiger partial charge in [-0.3, -0.25) is 9.78 Å². The van der Waals surface area contributed by atoms with Gasteiger partial charge in [0.15, 0.2) is 0 Å². The van der Waals surface area contributed by atoms with Gasteiger partial charge in [0.2, 0.25) is 5.91 Å². The van der Waals surface area contributed by atoms with Crippen molar-refractivity contribution in [3.8, 4) is 11.3 Å². The molecule has 0 N–H and O–H groups in total. The third-order valence-electron chi connectivity index (χ3n) is 4.83. The Morgan fingerprint density at radius 3 is 2.79 bits per heavy atom. The van der Waals surface area contributed by atoms with Gasteiger partial charge in [0.05, 0.1) is 18.2 Å². The van der Waals surface area contributed by atoms with Crippen molar-refractivity contribution in [1.29, 1.82) is 0 Å². The first-order valence-corrected chi connectivity index (χ1v) is 8.42. The van der Waals surface area contributed by atoms with Gasteiger partial charge in [0.1, 0.15) is 6.33 Å². The van der Waals surface area contributed by atoms with Gasteiger partial charge in [-0.15, -0.1) is 0 Å². The van der Waals surface area contributed by atoms with Crippen LogP contribution in [0.3, 0.4) is 0 Å². The summed E-state index contributed by atoms with van der Waals surface area (Å²) >= 11 is 0. The minimum absolute atomic E-state index is 0.0250. The monoisotopic (exact) mass is 324 g/mol. The predicted octanol–water partition coefficient (Wildman–Crippen LogP) is 1.50. The number of rotatable bonds is 2. The summed E-state index contributed by atoms with van der Waals surface area (Å²) in [5.41, 5.74) is 4.21. The average Bonchev–Trinajstić information content (AvgIpc) is 3.08. The van der Waals surface area contributed by atoms with E-state index in [-0.39, 0.29) is 11.8 Å². The Labute approximate surface area is 140 Å². The average molecular weight is 324 g/mol. The fourth-order valence-electron chi connectivity index (χ4n) is 3.49. The molecule has 1 amide bonds. The molecule has 2 aromatic rings. The zero-order chi connectivity index (χ0) is 16.4. The number of carbonyl (C=O) groups excluding carboxylic acids is 1. The summed E-state index contributed by atoms with van der Waals surface area (Å²) < 4.78 is 5.36. The lowest BCUT2D eigenvalue weighted by atomic mass is 10.0. The van der Waals surface area contributed by atoms with Crippen LogP contribution >= 0.6 is 0 Å². The fraction of sp³-hybridized carbons (Fsp3) is 0.444. The molecule has 6 heteroatoms.